The fourth-order valence-electron chi connectivity index (χ4n) is 2.83. The number of esters is 1. The number of nitriles is 1. The average Bonchev–Trinajstić information content (AvgIpc) is 2.73. The molecule has 0 radical (unpaired) electrons. The van der Waals surface area contributed by atoms with E-state index in [0.717, 1.165) is 16.7 Å². The Bertz CT molecular complexity index is 1060. The van der Waals surface area contributed by atoms with E-state index in [1.165, 1.54) is 5.56 Å². The first-order valence-electron chi connectivity index (χ1n) is 9.27. The van der Waals surface area contributed by atoms with Crippen molar-refractivity contribution in [3.63, 3.8) is 0 Å². The Kier molecular flexibility index (Phi) is 6.84. The second kappa shape index (κ2) is 9.73. The van der Waals surface area contributed by atoms with Crippen LogP contribution in [-0.4, -0.2) is 5.97 Å². The number of carbonyl (C=O) groups is 1. The molecule has 0 amide bonds. The van der Waals surface area contributed by atoms with Gasteiger partial charge in [0.15, 0.2) is 0 Å². The van der Waals surface area contributed by atoms with Crippen LogP contribution < -0.4 is 4.74 Å². The number of nitrogens with zero attached hydrogens (tertiary/aromatic N) is 1. The number of aryl methyl sites for hydroxylation is 2. The number of halogens is 1. The Morgan fingerprint density at radius 2 is 1.79 bits per heavy atom. The summed E-state index contributed by atoms with van der Waals surface area (Å²) in [5.74, 6) is 0.172. The first kappa shape index (κ1) is 20.4. The lowest BCUT2D eigenvalue weighted by Gasteiger charge is -2.06. The van der Waals surface area contributed by atoms with E-state index < -0.39 is 0 Å². The van der Waals surface area contributed by atoms with Crippen LogP contribution in [0, 0.1) is 18.3 Å². The van der Waals surface area contributed by atoms with Crippen LogP contribution >= 0.6 is 11.6 Å². The summed E-state index contributed by atoms with van der Waals surface area (Å²) in [4.78, 5) is 12.2. The van der Waals surface area contributed by atoms with E-state index in [4.69, 9.17) is 16.3 Å². The molecule has 0 bridgehead atoms. The van der Waals surface area contributed by atoms with Crippen molar-refractivity contribution < 1.29 is 9.53 Å². The van der Waals surface area contributed by atoms with Crippen molar-refractivity contribution in [1.29, 1.82) is 5.26 Å². The molecule has 0 heterocycles. The van der Waals surface area contributed by atoms with Gasteiger partial charge < -0.3 is 4.74 Å². The van der Waals surface area contributed by atoms with Crippen molar-refractivity contribution >= 4 is 29.2 Å². The highest BCUT2D eigenvalue weighted by Gasteiger charge is 2.07. The van der Waals surface area contributed by atoms with Gasteiger partial charge in [-0.3, -0.25) is 4.79 Å². The normalized spacial score (nSPS) is 11.0. The molecule has 0 aliphatic rings. The first-order valence-corrected chi connectivity index (χ1v) is 9.65. The topological polar surface area (TPSA) is 50.1 Å². The zero-order valence-electron chi connectivity index (χ0n) is 16.1. The van der Waals surface area contributed by atoms with E-state index >= 15 is 0 Å². The molecule has 0 aliphatic carbocycles. The summed E-state index contributed by atoms with van der Waals surface area (Å²) < 4.78 is 5.47. The van der Waals surface area contributed by atoms with Gasteiger partial charge in [-0.15, -0.1) is 0 Å². The predicted octanol–water partition coefficient (Wildman–Crippen LogP) is 6.25. The second-order valence-corrected chi connectivity index (χ2v) is 7.15. The third kappa shape index (κ3) is 6.07. The number of ether oxygens (including phenoxy) is 1. The number of hydrogen-bond donors (Lipinski definition) is 0. The molecule has 0 aliphatic heterocycles. The molecule has 0 N–H and O–H groups in total. The van der Waals surface area contributed by atoms with E-state index in [-0.39, 0.29) is 5.97 Å². The quantitative estimate of drug-likeness (QED) is 0.212. The van der Waals surface area contributed by atoms with Crippen LogP contribution in [0.4, 0.5) is 0 Å². The van der Waals surface area contributed by atoms with Crippen LogP contribution in [0.2, 0.25) is 5.02 Å². The molecular weight excluding hydrogens is 382 g/mol. The Hall–Kier alpha value is -3.35. The summed E-state index contributed by atoms with van der Waals surface area (Å²) in [7, 11) is 0. The highest BCUT2D eigenvalue weighted by atomic mass is 35.5. The molecule has 0 saturated carbocycles. The maximum Gasteiger partial charge on any atom is 0.311 e. The minimum absolute atomic E-state index is 0.287. The Labute approximate surface area is 175 Å². The van der Waals surface area contributed by atoms with Crippen molar-refractivity contribution in [1.82, 2.24) is 0 Å². The van der Waals surface area contributed by atoms with Crippen LogP contribution in [0.5, 0.6) is 5.75 Å². The Morgan fingerprint density at radius 3 is 2.48 bits per heavy atom. The van der Waals surface area contributed by atoms with Gasteiger partial charge >= 0.3 is 5.97 Å². The number of hydrogen-bond acceptors (Lipinski definition) is 3. The van der Waals surface area contributed by atoms with Crippen LogP contribution in [0.1, 0.15) is 28.7 Å². The minimum Gasteiger partial charge on any atom is -0.426 e. The number of benzene rings is 3. The zero-order chi connectivity index (χ0) is 20.6. The molecule has 0 atom stereocenters. The zero-order valence-corrected chi connectivity index (χ0v) is 16.8. The minimum atomic E-state index is -0.287. The molecule has 4 heteroatoms. The number of carbonyl (C=O) groups excluding carboxylic acids is 1. The standard InChI is InChI=1S/C25H20ClNO2/c1-18-5-7-19(8-6-18)9-14-25(28)29-24-4-2-3-20(16-24)15-22(17-27)21-10-12-23(26)13-11-21/h2-8,10-13,15-16H,9,14H2,1H3/b22-15-. The number of rotatable bonds is 6. The molecule has 3 nitrogen and oxygen atoms in total. The lowest BCUT2D eigenvalue weighted by Crippen LogP contribution is -2.09. The molecular formula is C25H20ClNO2. The third-order valence-electron chi connectivity index (χ3n) is 4.41. The highest BCUT2D eigenvalue weighted by molar-refractivity contribution is 6.30. The summed E-state index contributed by atoms with van der Waals surface area (Å²) in [5.41, 5.74) is 4.35. The average molecular weight is 402 g/mol. The fourth-order valence-corrected chi connectivity index (χ4v) is 2.95. The molecule has 3 aromatic carbocycles. The summed E-state index contributed by atoms with van der Waals surface area (Å²) in [6, 6.07) is 24.5. The molecule has 0 fully saturated rings. The summed E-state index contributed by atoms with van der Waals surface area (Å²) in [6.07, 6.45) is 2.69. The Balaban J connectivity index is 1.66. The predicted molar refractivity (Wildman–Crippen MR) is 117 cm³/mol. The van der Waals surface area contributed by atoms with E-state index in [9.17, 15) is 10.1 Å². The van der Waals surface area contributed by atoms with Crippen LogP contribution in [0.25, 0.3) is 11.6 Å². The van der Waals surface area contributed by atoms with Gasteiger partial charge in [-0.05, 0) is 60.4 Å². The van der Waals surface area contributed by atoms with E-state index in [1.54, 1.807) is 48.5 Å². The lowest BCUT2D eigenvalue weighted by molar-refractivity contribution is -0.134. The van der Waals surface area contributed by atoms with Gasteiger partial charge in [-0.2, -0.15) is 5.26 Å². The van der Waals surface area contributed by atoms with Gasteiger partial charge in [0.2, 0.25) is 0 Å². The molecule has 0 spiro atoms. The van der Waals surface area contributed by atoms with Gasteiger partial charge in [0.25, 0.3) is 0 Å². The largest absolute Gasteiger partial charge is 0.426 e. The van der Waals surface area contributed by atoms with Crippen molar-refractivity contribution in [2.24, 2.45) is 0 Å². The summed E-state index contributed by atoms with van der Waals surface area (Å²) in [5, 5.41) is 10.1. The third-order valence-corrected chi connectivity index (χ3v) is 4.67. The second-order valence-electron chi connectivity index (χ2n) is 6.71. The molecule has 3 rings (SSSR count). The molecule has 29 heavy (non-hydrogen) atoms. The van der Waals surface area contributed by atoms with Gasteiger partial charge in [0, 0.05) is 11.4 Å². The highest BCUT2D eigenvalue weighted by Crippen LogP contribution is 2.22. The summed E-state index contributed by atoms with van der Waals surface area (Å²) >= 11 is 5.91. The smallest absolute Gasteiger partial charge is 0.311 e. The van der Waals surface area contributed by atoms with Crippen molar-refractivity contribution in [3.8, 4) is 11.8 Å². The monoisotopic (exact) mass is 401 g/mol. The van der Waals surface area contributed by atoms with Crippen LogP contribution in [-0.2, 0) is 11.2 Å². The maximum atomic E-state index is 12.2. The number of allylic oxidation sites excluding steroid dienone is 1. The van der Waals surface area contributed by atoms with Crippen LogP contribution in [0.3, 0.4) is 0 Å². The van der Waals surface area contributed by atoms with Crippen molar-refractivity contribution in [3.05, 3.63) is 100 Å². The molecule has 0 aromatic heterocycles. The summed E-state index contributed by atoms with van der Waals surface area (Å²) in [6.45, 7) is 2.03. The fraction of sp³-hybridized carbons (Fsp3) is 0.120. The van der Waals surface area contributed by atoms with Crippen molar-refractivity contribution in [2.45, 2.75) is 19.8 Å². The first-order chi connectivity index (χ1) is 14.0. The molecule has 144 valence electrons. The van der Waals surface area contributed by atoms with E-state index in [2.05, 4.69) is 6.07 Å². The molecule has 0 unspecified atom stereocenters. The SMILES string of the molecule is Cc1ccc(CCC(=O)Oc2cccc(/C=C(/C#N)c3ccc(Cl)cc3)c2)cc1. The van der Waals surface area contributed by atoms with Crippen LogP contribution in [0.15, 0.2) is 72.8 Å². The van der Waals surface area contributed by atoms with E-state index in [0.29, 0.717) is 29.2 Å². The van der Waals surface area contributed by atoms with Crippen molar-refractivity contribution in [2.75, 3.05) is 0 Å². The maximum absolute atomic E-state index is 12.2. The molecule has 0 saturated heterocycles. The van der Waals surface area contributed by atoms with Gasteiger partial charge in [0.05, 0.1) is 11.6 Å². The van der Waals surface area contributed by atoms with Gasteiger partial charge in [-0.25, -0.2) is 0 Å². The van der Waals surface area contributed by atoms with Gasteiger partial charge in [-0.1, -0.05) is 65.7 Å². The van der Waals surface area contributed by atoms with Gasteiger partial charge in [0.1, 0.15) is 5.75 Å². The molecule has 3 aromatic rings. The van der Waals surface area contributed by atoms with E-state index in [1.807, 2.05) is 37.3 Å². The Morgan fingerprint density at radius 1 is 1.07 bits per heavy atom. The lowest BCUT2D eigenvalue weighted by atomic mass is 10.0.